The molecular weight excluding hydrogens is 374 g/mol. The van der Waals surface area contributed by atoms with Crippen molar-refractivity contribution >= 4 is 0 Å². The first-order valence-corrected chi connectivity index (χ1v) is 9.71. The number of hydrogen-bond acceptors (Lipinski definition) is 5. The molecule has 2 aliphatic rings. The fraction of sp³-hybridized carbons (Fsp3) is 0.364. The molecule has 1 unspecified atom stereocenters. The number of morpholine rings is 1. The Morgan fingerprint density at radius 2 is 1.97 bits per heavy atom. The number of nitrogens with one attached hydrogen (secondary N) is 1. The third kappa shape index (κ3) is 5.12. The molecule has 2 heterocycles. The second kappa shape index (κ2) is 9.35. The molecule has 5 nitrogen and oxygen atoms in total. The lowest BCUT2D eigenvalue weighted by atomic mass is 9.82. The van der Waals surface area contributed by atoms with E-state index in [0.717, 1.165) is 50.5 Å². The van der Waals surface area contributed by atoms with Crippen molar-refractivity contribution in [1.29, 1.82) is 0 Å². The fourth-order valence-electron chi connectivity index (χ4n) is 3.72. The van der Waals surface area contributed by atoms with Gasteiger partial charge in [-0.2, -0.15) is 4.39 Å². The van der Waals surface area contributed by atoms with Crippen molar-refractivity contribution in [2.45, 2.75) is 12.5 Å². The van der Waals surface area contributed by atoms with E-state index in [4.69, 9.17) is 10.5 Å². The molecule has 2 aliphatic heterocycles. The van der Waals surface area contributed by atoms with E-state index in [-0.39, 0.29) is 5.82 Å². The number of benzene rings is 1. The van der Waals surface area contributed by atoms with E-state index in [0.29, 0.717) is 5.57 Å². The maximum atomic E-state index is 13.6. The highest BCUT2D eigenvalue weighted by molar-refractivity contribution is 5.52. The van der Waals surface area contributed by atoms with Gasteiger partial charge in [0.1, 0.15) is 5.82 Å². The average molecular weight is 402 g/mol. The Morgan fingerprint density at radius 1 is 1.28 bits per heavy atom. The Balaban J connectivity index is 1.90. The minimum absolute atomic E-state index is 0.306. The van der Waals surface area contributed by atoms with Crippen LogP contribution in [-0.4, -0.2) is 49.3 Å². The molecule has 0 radical (unpaired) electrons. The van der Waals surface area contributed by atoms with Crippen molar-refractivity contribution in [1.82, 2.24) is 15.3 Å². The summed E-state index contributed by atoms with van der Waals surface area (Å²) in [4.78, 5) is 2.34. The second-order valence-corrected chi connectivity index (χ2v) is 7.32. The summed E-state index contributed by atoms with van der Waals surface area (Å²) < 4.78 is 32.4. The van der Waals surface area contributed by atoms with Gasteiger partial charge in [-0.1, -0.05) is 30.9 Å². The van der Waals surface area contributed by atoms with E-state index in [9.17, 15) is 8.78 Å². The van der Waals surface area contributed by atoms with Gasteiger partial charge >= 0.3 is 0 Å². The predicted octanol–water partition coefficient (Wildman–Crippen LogP) is 2.96. The summed E-state index contributed by atoms with van der Waals surface area (Å²) >= 11 is 0. The Bertz CT molecular complexity index is 809. The van der Waals surface area contributed by atoms with Gasteiger partial charge in [0.15, 0.2) is 5.95 Å². The number of hydrogen-bond donors (Lipinski definition) is 2. The van der Waals surface area contributed by atoms with Crippen molar-refractivity contribution in [2.24, 2.45) is 5.73 Å². The predicted molar refractivity (Wildman–Crippen MR) is 111 cm³/mol. The number of rotatable bonds is 7. The molecule has 29 heavy (non-hydrogen) atoms. The molecule has 1 atom stereocenters. The lowest BCUT2D eigenvalue weighted by molar-refractivity contribution is 0.0327. The zero-order valence-corrected chi connectivity index (χ0v) is 16.7. The van der Waals surface area contributed by atoms with E-state index in [1.54, 1.807) is 24.3 Å². The van der Waals surface area contributed by atoms with Gasteiger partial charge in [0.05, 0.1) is 18.8 Å². The summed E-state index contributed by atoms with van der Waals surface area (Å²) in [5.74, 6) is -1.09. The van der Waals surface area contributed by atoms with Gasteiger partial charge in [-0.25, -0.2) is 9.82 Å². The van der Waals surface area contributed by atoms with Crippen LogP contribution < -0.4 is 11.2 Å². The summed E-state index contributed by atoms with van der Waals surface area (Å²) in [5.41, 5.74) is 10.4. The van der Waals surface area contributed by atoms with Crippen LogP contribution in [0.1, 0.15) is 12.5 Å². The SMILES string of the molecule is C=C/C=C(\C=C(/N)F)C1=CN(CCN2CCOCC2)NC1(C)c1ccc(F)cc1. The van der Waals surface area contributed by atoms with Crippen molar-refractivity contribution < 1.29 is 13.5 Å². The second-order valence-electron chi connectivity index (χ2n) is 7.32. The Morgan fingerprint density at radius 3 is 2.59 bits per heavy atom. The van der Waals surface area contributed by atoms with Crippen LogP contribution in [0.2, 0.25) is 0 Å². The van der Waals surface area contributed by atoms with Crippen LogP contribution in [-0.2, 0) is 10.3 Å². The number of allylic oxidation sites excluding steroid dienone is 3. The molecular formula is C22H28F2N4O. The quantitative estimate of drug-likeness (QED) is 0.543. The van der Waals surface area contributed by atoms with Crippen molar-refractivity contribution in [3.05, 3.63) is 83.8 Å². The number of halogens is 2. The van der Waals surface area contributed by atoms with E-state index in [2.05, 4.69) is 16.9 Å². The van der Waals surface area contributed by atoms with Crippen LogP contribution in [0.4, 0.5) is 8.78 Å². The smallest absolute Gasteiger partial charge is 0.185 e. The highest BCUT2D eigenvalue weighted by Gasteiger charge is 2.39. The van der Waals surface area contributed by atoms with Crippen LogP contribution in [0.3, 0.4) is 0 Å². The first-order valence-electron chi connectivity index (χ1n) is 9.71. The Kier molecular flexibility index (Phi) is 6.84. The van der Waals surface area contributed by atoms with Crippen LogP contribution in [0.25, 0.3) is 0 Å². The van der Waals surface area contributed by atoms with Gasteiger partial charge in [0.2, 0.25) is 0 Å². The number of hydrazine groups is 1. The van der Waals surface area contributed by atoms with E-state index in [1.807, 2.05) is 18.1 Å². The number of ether oxygens (including phenoxy) is 1. The van der Waals surface area contributed by atoms with Gasteiger partial charge < -0.3 is 15.5 Å². The lowest BCUT2D eigenvalue weighted by Crippen LogP contribution is -2.47. The summed E-state index contributed by atoms with van der Waals surface area (Å²) in [5, 5.41) is 1.99. The zero-order chi connectivity index (χ0) is 20.9. The molecule has 1 aromatic carbocycles. The van der Waals surface area contributed by atoms with Crippen molar-refractivity contribution in [3.63, 3.8) is 0 Å². The molecule has 7 heteroatoms. The van der Waals surface area contributed by atoms with E-state index < -0.39 is 11.5 Å². The highest BCUT2D eigenvalue weighted by atomic mass is 19.1. The number of nitrogens with zero attached hydrogens (tertiary/aromatic N) is 2. The molecule has 156 valence electrons. The summed E-state index contributed by atoms with van der Waals surface area (Å²) in [6.45, 7) is 10.6. The first kappa shape index (κ1) is 21.2. The normalized spacial score (nSPS) is 24.0. The van der Waals surface area contributed by atoms with Crippen molar-refractivity contribution in [3.8, 4) is 0 Å². The Labute approximate surface area is 170 Å². The molecule has 1 aromatic rings. The molecule has 1 saturated heterocycles. The van der Waals surface area contributed by atoms with Crippen molar-refractivity contribution in [2.75, 3.05) is 39.4 Å². The molecule has 3 rings (SSSR count). The van der Waals surface area contributed by atoms with Crippen LogP contribution in [0.15, 0.2) is 72.4 Å². The Hall–Kier alpha value is -2.48. The lowest BCUT2D eigenvalue weighted by Gasteiger charge is -2.33. The summed E-state index contributed by atoms with van der Waals surface area (Å²) in [6.07, 6.45) is 6.55. The van der Waals surface area contributed by atoms with Gasteiger partial charge in [-0.3, -0.25) is 4.90 Å². The summed E-state index contributed by atoms with van der Waals surface area (Å²) in [6, 6.07) is 6.31. The van der Waals surface area contributed by atoms with Crippen LogP contribution >= 0.6 is 0 Å². The molecule has 1 fully saturated rings. The standard InChI is InChI=1S/C22H28F2N4O/c1-3-4-17(15-21(24)25)20-16-28(10-9-27-11-13-29-14-12-27)26-22(20,2)18-5-7-19(23)8-6-18/h3-8,15-16,26H,1,9-14,25H2,2H3/b17-4+,21-15-. The zero-order valence-electron chi connectivity index (χ0n) is 16.7. The third-order valence-corrected chi connectivity index (χ3v) is 5.28. The third-order valence-electron chi connectivity index (χ3n) is 5.28. The topological polar surface area (TPSA) is 53.8 Å². The molecule has 0 amide bonds. The van der Waals surface area contributed by atoms with Gasteiger partial charge in [0, 0.05) is 38.0 Å². The van der Waals surface area contributed by atoms with E-state index >= 15 is 0 Å². The fourth-order valence-corrected chi connectivity index (χ4v) is 3.72. The highest BCUT2D eigenvalue weighted by Crippen LogP contribution is 2.39. The minimum Gasteiger partial charge on any atom is -0.379 e. The molecule has 0 saturated carbocycles. The number of nitrogens with two attached hydrogens (primary N) is 1. The van der Waals surface area contributed by atoms with Crippen LogP contribution in [0, 0.1) is 5.82 Å². The molecule has 3 N–H and O–H groups in total. The van der Waals surface area contributed by atoms with Gasteiger partial charge in [0.25, 0.3) is 0 Å². The largest absolute Gasteiger partial charge is 0.379 e. The average Bonchev–Trinajstić information content (AvgIpc) is 3.05. The monoisotopic (exact) mass is 402 g/mol. The maximum absolute atomic E-state index is 13.6. The van der Waals surface area contributed by atoms with Crippen LogP contribution in [0.5, 0.6) is 0 Å². The minimum atomic E-state index is -0.785. The van der Waals surface area contributed by atoms with Gasteiger partial charge in [-0.15, -0.1) is 0 Å². The summed E-state index contributed by atoms with van der Waals surface area (Å²) in [7, 11) is 0. The maximum Gasteiger partial charge on any atom is 0.185 e. The molecule has 0 bridgehead atoms. The molecule has 0 aliphatic carbocycles. The van der Waals surface area contributed by atoms with Gasteiger partial charge in [-0.05, 0) is 36.3 Å². The molecule has 0 spiro atoms. The van der Waals surface area contributed by atoms with E-state index in [1.165, 1.54) is 18.2 Å². The first-order chi connectivity index (χ1) is 13.9. The molecule has 0 aromatic heterocycles.